The molecule has 1 amide bonds. The summed E-state index contributed by atoms with van der Waals surface area (Å²) in [7, 11) is 0. The Labute approximate surface area is 211 Å². The summed E-state index contributed by atoms with van der Waals surface area (Å²) in [6.07, 6.45) is 6.71. The first-order chi connectivity index (χ1) is 16.8. The number of allylic oxidation sites excluding steroid dienone is 2. The van der Waals surface area contributed by atoms with Crippen LogP contribution in [0.2, 0.25) is 0 Å². The molecule has 35 heavy (non-hydrogen) atoms. The van der Waals surface area contributed by atoms with Crippen molar-refractivity contribution in [3.63, 3.8) is 0 Å². The van der Waals surface area contributed by atoms with Gasteiger partial charge in [0.1, 0.15) is 5.76 Å². The van der Waals surface area contributed by atoms with Gasteiger partial charge >= 0.3 is 6.09 Å². The maximum atomic E-state index is 14.7. The Hall–Kier alpha value is -2.48. The number of hydrogen-bond donors (Lipinski definition) is 0. The number of halogens is 1. The molecule has 1 aromatic rings. The monoisotopic (exact) mass is 502 g/mol. The second-order valence-electron chi connectivity index (χ2n) is 9.81. The van der Waals surface area contributed by atoms with Crippen molar-refractivity contribution in [2.75, 3.05) is 26.0 Å². The Morgan fingerprint density at radius 2 is 2.17 bits per heavy atom. The molecule has 2 atom stereocenters. The predicted molar refractivity (Wildman–Crippen MR) is 136 cm³/mol. The zero-order chi connectivity index (χ0) is 25.2. The molecule has 4 rings (SSSR count). The van der Waals surface area contributed by atoms with E-state index in [0.717, 1.165) is 35.3 Å². The summed E-state index contributed by atoms with van der Waals surface area (Å²) < 4.78 is 32.4. The molecule has 1 aromatic carbocycles. The molecule has 0 radical (unpaired) electrons. The quantitative estimate of drug-likeness (QED) is 0.376. The fourth-order valence-corrected chi connectivity index (χ4v) is 5.23. The van der Waals surface area contributed by atoms with Crippen molar-refractivity contribution < 1.29 is 23.4 Å². The minimum atomic E-state index is -0.386. The normalized spacial score (nSPS) is 23.9. The summed E-state index contributed by atoms with van der Waals surface area (Å²) in [5.41, 5.74) is 1.90. The van der Waals surface area contributed by atoms with Gasteiger partial charge in [-0.2, -0.15) is 0 Å². The van der Waals surface area contributed by atoms with Crippen LogP contribution in [-0.4, -0.2) is 49.3 Å². The largest absolute Gasteiger partial charge is 0.477 e. The molecule has 0 bridgehead atoms. The molecule has 2 aliphatic heterocycles. The van der Waals surface area contributed by atoms with E-state index in [9.17, 15) is 9.18 Å². The van der Waals surface area contributed by atoms with E-state index in [2.05, 4.69) is 11.9 Å². The molecule has 3 aliphatic rings. The van der Waals surface area contributed by atoms with Crippen LogP contribution in [0, 0.1) is 17.2 Å². The van der Waals surface area contributed by atoms with Crippen LogP contribution in [0.15, 0.2) is 50.9 Å². The molecule has 190 valence electrons. The highest BCUT2D eigenvalue weighted by atomic mass is 32.2. The fourth-order valence-electron chi connectivity index (χ4n) is 4.81. The van der Waals surface area contributed by atoms with Gasteiger partial charge in [-0.3, -0.25) is 0 Å². The molecule has 0 N–H and O–H groups in total. The van der Waals surface area contributed by atoms with Crippen molar-refractivity contribution in [1.82, 2.24) is 4.90 Å². The summed E-state index contributed by atoms with van der Waals surface area (Å²) in [6, 6.07) is 5.02. The van der Waals surface area contributed by atoms with E-state index in [1.807, 2.05) is 44.2 Å². The van der Waals surface area contributed by atoms with Crippen LogP contribution in [0.1, 0.15) is 53.4 Å². The van der Waals surface area contributed by atoms with Gasteiger partial charge in [0.2, 0.25) is 5.88 Å². The Balaban J connectivity index is 1.45. The average molecular weight is 503 g/mol. The minimum Gasteiger partial charge on any atom is -0.477 e. The van der Waals surface area contributed by atoms with Gasteiger partial charge in [-0.15, -0.1) is 11.8 Å². The molecule has 0 aromatic heterocycles. The first kappa shape index (κ1) is 25.6. The molecule has 2 fully saturated rings. The lowest BCUT2D eigenvalue weighted by Crippen LogP contribution is -2.41. The number of likely N-dealkylation sites (tertiary alicyclic amines) is 1. The highest BCUT2D eigenvalue weighted by Gasteiger charge is 2.58. The third-order valence-corrected chi connectivity index (χ3v) is 7.80. The van der Waals surface area contributed by atoms with E-state index in [1.54, 1.807) is 6.07 Å². The number of thioether (sulfide) groups is 1. The number of benzene rings is 1. The van der Waals surface area contributed by atoms with E-state index in [-0.39, 0.29) is 29.2 Å². The van der Waals surface area contributed by atoms with Crippen molar-refractivity contribution >= 4 is 24.1 Å². The van der Waals surface area contributed by atoms with Gasteiger partial charge in [0, 0.05) is 36.0 Å². The Morgan fingerprint density at radius 3 is 2.83 bits per heavy atom. The molecule has 2 unspecified atom stereocenters. The number of nitrogens with zero attached hydrogens (tertiary/aromatic N) is 2. The Morgan fingerprint density at radius 1 is 1.37 bits per heavy atom. The number of fused-ring (bicyclic) bond motifs is 1. The van der Waals surface area contributed by atoms with E-state index < -0.39 is 0 Å². The van der Waals surface area contributed by atoms with Gasteiger partial charge in [0.25, 0.3) is 0 Å². The van der Waals surface area contributed by atoms with Gasteiger partial charge in [-0.05, 0) is 76.0 Å². The lowest BCUT2D eigenvalue weighted by molar-refractivity contribution is 0.0524. The summed E-state index contributed by atoms with van der Waals surface area (Å²) >= 11 is 1.49. The average Bonchev–Trinajstić information content (AvgIpc) is 3.58. The molecular weight excluding hydrogens is 467 g/mol. The maximum absolute atomic E-state index is 14.7. The summed E-state index contributed by atoms with van der Waals surface area (Å²) in [4.78, 5) is 19.5. The third-order valence-electron chi connectivity index (χ3n) is 7.08. The van der Waals surface area contributed by atoms with Crippen LogP contribution >= 0.6 is 11.8 Å². The number of piperidine rings is 1. The number of carbonyl (C=O) groups is 1. The number of hydrogen-bond acceptors (Lipinski definition) is 6. The molecular formula is C27H35FN2O4S. The number of carbonyl (C=O) groups excluding carboxylic acids is 1. The summed E-state index contributed by atoms with van der Waals surface area (Å²) in [5.74, 6) is 1.37. The molecule has 6 nitrogen and oxygen atoms in total. The first-order valence-electron chi connectivity index (χ1n) is 12.3. The summed E-state index contributed by atoms with van der Waals surface area (Å²) in [5, 5.41) is 0. The number of ether oxygens (including phenoxy) is 3. The zero-order valence-electron chi connectivity index (χ0n) is 21.2. The zero-order valence-corrected chi connectivity index (χ0v) is 22.0. The SMILES string of the molecule is CCC1=C(Oc2ccc(SC)cc2F)C(C)=C(OCC23CCN(C(=O)OC(C)C)CC2C3)N=CC1. The molecule has 0 spiro atoms. The second kappa shape index (κ2) is 10.6. The molecule has 1 saturated heterocycles. The Bertz CT molecular complexity index is 1070. The summed E-state index contributed by atoms with van der Waals surface area (Å²) in [6.45, 7) is 9.63. The highest BCUT2D eigenvalue weighted by Crippen LogP contribution is 2.58. The fraction of sp³-hybridized carbons (Fsp3) is 0.556. The predicted octanol–water partition coefficient (Wildman–Crippen LogP) is 6.57. The van der Waals surface area contributed by atoms with Crippen LogP contribution in [0.25, 0.3) is 0 Å². The Kier molecular flexibility index (Phi) is 7.79. The van der Waals surface area contributed by atoms with Crippen molar-refractivity contribution in [3.8, 4) is 5.75 Å². The van der Waals surface area contributed by atoms with Gasteiger partial charge in [0.15, 0.2) is 11.6 Å². The van der Waals surface area contributed by atoms with Crippen LogP contribution in [-0.2, 0) is 9.47 Å². The lowest BCUT2D eigenvalue weighted by atomic mass is 9.96. The third kappa shape index (κ3) is 5.68. The van der Waals surface area contributed by atoms with Crippen molar-refractivity contribution in [3.05, 3.63) is 46.8 Å². The van der Waals surface area contributed by atoms with Gasteiger partial charge in [-0.1, -0.05) is 6.92 Å². The number of aliphatic imine (C=N–C) groups is 1. The van der Waals surface area contributed by atoms with Crippen LogP contribution in [0.4, 0.5) is 9.18 Å². The highest BCUT2D eigenvalue weighted by molar-refractivity contribution is 7.98. The van der Waals surface area contributed by atoms with Crippen molar-refractivity contribution in [2.45, 2.75) is 64.4 Å². The van der Waals surface area contributed by atoms with Crippen LogP contribution in [0.5, 0.6) is 5.75 Å². The topological polar surface area (TPSA) is 60.4 Å². The van der Waals surface area contributed by atoms with Gasteiger partial charge in [0.05, 0.1) is 18.3 Å². The van der Waals surface area contributed by atoms with E-state index in [0.29, 0.717) is 43.7 Å². The van der Waals surface area contributed by atoms with Gasteiger partial charge < -0.3 is 19.1 Å². The molecule has 1 saturated carbocycles. The lowest BCUT2D eigenvalue weighted by Gasteiger charge is -2.31. The smallest absolute Gasteiger partial charge is 0.410 e. The second-order valence-corrected chi connectivity index (χ2v) is 10.7. The number of rotatable bonds is 8. The van der Waals surface area contributed by atoms with Gasteiger partial charge in [-0.25, -0.2) is 14.2 Å². The van der Waals surface area contributed by atoms with E-state index >= 15 is 0 Å². The molecule has 8 heteroatoms. The van der Waals surface area contributed by atoms with Crippen LogP contribution in [0.3, 0.4) is 0 Å². The van der Waals surface area contributed by atoms with Crippen molar-refractivity contribution in [2.24, 2.45) is 16.3 Å². The van der Waals surface area contributed by atoms with Crippen LogP contribution < -0.4 is 4.74 Å². The number of amides is 1. The molecule has 1 aliphatic carbocycles. The maximum Gasteiger partial charge on any atom is 0.410 e. The standard InChI is InChI=1S/C27H35FN2O4S/c1-6-19-9-11-29-25(18(4)24(19)34-23-8-7-21(35-5)13-22(23)28)32-16-27-10-12-30(15-20(27)14-27)26(31)33-17(2)3/h7-8,11,13,17,20H,6,9-10,12,14-16H2,1-5H3. The molecule has 2 heterocycles. The van der Waals surface area contributed by atoms with E-state index in [1.165, 1.54) is 17.8 Å². The minimum absolute atomic E-state index is 0.0712. The first-order valence-corrected chi connectivity index (χ1v) is 13.5. The van der Waals surface area contributed by atoms with Crippen molar-refractivity contribution in [1.29, 1.82) is 0 Å². The van der Waals surface area contributed by atoms with E-state index in [4.69, 9.17) is 14.2 Å².